The lowest BCUT2D eigenvalue weighted by molar-refractivity contribution is -0.0934. The third-order valence-corrected chi connectivity index (χ3v) is 3.68. The minimum atomic E-state index is 0.0766. The average Bonchev–Trinajstić information content (AvgIpc) is 2.79. The largest absolute Gasteiger partial charge is 0.376 e. The third-order valence-electron chi connectivity index (χ3n) is 3.44. The normalized spacial score (nSPS) is 20.0. The highest BCUT2D eigenvalue weighted by molar-refractivity contribution is 6.16. The number of aromatic nitrogens is 2. The lowest BCUT2D eigenvalue weighted by Crippen LogP contribution is -2.32. The highest BCUT2D eigenvalue weighted by atomic mass is 35.5. The van der Waals surface area contributed by atoms with E-state index in [1.165, 1.54) is 5.56 Å². The van der Waals surface area contributed by atoms with Crippen molar-refractivity contribution in [1.29, 1.82) is 0 Å². The van der Waals surface area contributed by atoms with E-state index in [4.69, 9.17) is 21.1 Å². The first-order valence-electron chi connectivity index (χ1n) is 6.49. The van der Waals surface area contributed by atoms with Gasteiger partial charge in [0.25, 0.3) is 0 Å². The van der Waals surface area contributed by atoms with E-state index < -0.39 is 0 Å². The number of halogens is 1. The molecule has 102 valence electrons. The zero-order valence-corrected chi connectivity index (χ0v) is 11.7. The molecule has 0 radical (unpaired) electrons. The maximum absolute atomic E-state index is 6.02. The summed E-state index contributed by atoms with van der Waals surface area (Å²) in [7, 11) is 0. The van der Waals surface area contributed by atoms with Gasteiger partial charge < -0.3 is 14.0 Å². The molecular formula is C14H17ClN2O2. The van der Waals surface area contributed by atoms with Gasteiger partial charge in [-0.25, -0.2) is 4.98 Å². The molecule has 3 rings (SSSR count). The molecule has 1 aromatic carbocycles. The Balaban J connectivity index is 2.00. The number of rotatable bonds is 3. The van der Waals surface area contributed by atoms with Crippen LogP contribution >= 0.6 is 11.6 Å². The molecule has 1 unspecified atom stereocenters. The fraction of sp³-hybridized carbons (Fsp3) is 0.500. The van der Waals surface area contributed by atoms with Crippen LogP contribution in [-0.2, 0) is 21.9 Å². The third kappa shape index (κ3) is 2.48. The molecule has 4 nitrogen and oxygen atoms in total. The van der Waals surface area contributed by atoms with E-state index in [1.807, 2.05) is 12.1 Å². The summed E-state index contributed by atoms with van der Waals surface area (Å²) in [6.45, 7) is 4.81. The van der Waals surface area contributed by atoms with Crippen LogP contribution in [0.3, 0.4) is 0 Å². The summed E-state index contributed by atoms with van der Waals surface area (Å²) in [4.78, 5) is 4.59. The van der Waals surface area contributed by atoms with E-state index in [0.29, 0.717) is 25.7 Å². The van der Waals surface area contributed by atoms with E-state index in [1.54, 1.807) is 0 Å². The van der Waals surface area contributed by atoms with Crippen molar-refractivity contribution in [2.45, 2.75) is 25.5 Å². The summed E-state index contributed by atoms with van der Waals surface area (Å²) in [5.41, 5.74) is 3.35. The zero-order chi connectivity index (χ0) is 13.2. The Bertz CT molecular complexity index is 576. The number of fused-ring (bicyclic) bond motifs is 1. The highest BCUT2D eigenvalue weighted by Gasteiger charge is 2.19. The lowest BCUT2D eigenvalue weighted by Gasteiger charge is -2.24. The van der Waals surface area contributed by atoms with Gasteiger partial charge in [-0.05, 0) is 18.6 Å². The molecule has 0 amide bonds. The Morgan fingerprint density at radius 3 is 3.05 bits per heavy atom. The second-order valence-corrected chi connectivity index (χ2v) is 5.05. The number of alkyl halides is 1. The summed E-state index contributed by atoms with van der Waals surface area (Å²) in [5, 5.41) is 0. The van der Waals surface area contributed by atoms with E-state index in [2.05, 4.69) is 22.5 Å². The fourth-order valence-electron chi connectivity index (χ4n) is 2.56. The summed E-state index contributed by atoms with van der Waals surface area (Å²) >= 11 is 6.02. The summed E-state index contributed by atoms with van der Waals surface area (Å²) < 4.78 is 13.3. The number of nitrogens with zero attached hydrogens (tertiary/aromatic N) is 2. The molecule has 2 aromatic rings. The molecule has 1 aromatic heterocycles. The molecule has 0 aliphatic carbocycles. The number of ether oxygens (including phenoxy) is 2. The van der Waals surface area contributed by atoms with E-state index in [0.717, 1.165) is 23.4 Å². The Kier molecular flexibility index (Phi) is 3.73. The number of hydrogen-bond donors (Lipinski definition) is 0. The maximum atomic E-state index is 6.02. The monoisotopic (exact) mass is 280 g/mol. The van der Waals surface area contributed by atoms with E-state index in [-0.39, 0.29) is 6.10 Å². The number of aryl methyl sites for hydroxylation is 1. The van der Waals surface area contributed by atoms with Gasteiger partial charge in [-0.3, -0.25) is 0 Å². The van der Waals surface area contributed by atoms with Crippen LogP contribution in [0.1, 0.15) is 11.4 Å². The topological polar surface area (TPSA) is 36.3 Å². The quantitative estimate of drug-likeness (QED) is 0.811. The minimum absolute atomic E-state index is 0.0766. The van der Waals surface area contributed by atoms with Gasteiger partial charge in [0.15, 0.2) is 0 Å². The van der Waals surface area contributed by atoms with Crippen molar-refractivity contribution >= 4 is 22.6 Å². The van der Waals surface area contributed by atoms with Crippen molar-refractivity contribution < 1.29 is 9.47 Å². The molecule has 0 N–H and O–H groups in total. The molecule has 1 aliphatic rings. The zero-order valence-electron chi connectivity index (χ0n) is 10.9. The minimum Gasteiger partial charge on any atom is -0.376 e. The Hall–Kier alpha value is -1.10. The Labute approximate surface area is 117 Å². The van der Waals surface area contributed by atoms with Gasteiger partial charge in [-0.1, -0.05) is 12.1 Å². The number of para-hydroxylation sites is 1. The Morgan fingerprint density at radius 2 is 2.32 bits per heavy atom. The molecule has 1 fully saturated rings. The van der Waals surface area contributed by atoms with E-state index in [9.17, 15) is 0 Å². The van der Waals surface area contributed by atoms with Crippen LogP contribution < -0.4 is 0 Å². The predicted octanol–water partition coefficient (Wildman–Crippen LogP) is 2.50. The first-order valence-corrected chi connectivity index (χ1v) is 7.03. The average molecular weight is 281 g/mol. The second-order valence-electron chi connectivity index (χ2n) is 4.78. The van der Waals surface area contributed by atoms with Crippen molar-refractivity contribution in [2.24, 2.45) is 0 Å². The molecule has 0 saturated carbocycles. The summed E-state index contributed by atoms with van der Waals surface area (Å²) in [6, 6.07) is 6.14. The molecular weight excluding hydrogens is 264 g/mol. The highest BCUT2D eigenvalue weighted by Crippen LogP contribution is 2.22. The second kappa shape index (κ2) is 5.49. The summed E-state index contributed by atoms with van der Waals surface area (Å²) in [5.74, 6) is 1.29. The van der Waals surface area contributed by atoms with Crippen molar-refractivity contribution in [2.75, 3.05) is 19.8 Å². The van der Waals surface area contributed by atoms with Crippen LogP contribution in [0.4, 0.5) is 0 Å². The van der Waals surface area contributed by atoms with Gasteiger partial charge in [-0.2, -0.15) is 0 Å². The molecule has 5 heteroatoms. The van der Waals surface area contributed by atoms with Crippen LogP contribution in [0, 0.1) is 6.92 Å². The molecule has 0 bridgehead atoms. The van der Waals surface area contributed by atoms with Crippen LogP contribution in [0.15, 0.2) is 18.2 Å². The van der Waals surface area contributed by atoms with Gasteiger partial charge in [0, 0.05) is 0 Å². The Morgan fingerprint density at radius 1 is 1.42 bits per heavy atom. The molecule has 19 heavy (non-hydrogen) atoms. The lowest BCUT2D eigenvalue weighted by atomic mass is 10.2. The molecule has 2 heterocycles. The van der Waals surface area contributed by atoms with Gasteiger partial charge in [-0.15, -0.1) is 11.6 Å². The number of benzene rings is 1. The fourth-order valence-corrected chi connectivity index (χ4v) is 2.76. The van der Waals surface area contributed by atoms with Crippen molar-refractivity contribution in [1.82, 2.24) is 9.55 Å². The first-order chi connectivity index (χ1) is 9.29. The predicted molar refractivity (Wildman–Crippen MR) is 74.6 cm³/mol. The van der Waals surface area contributed by atoms with Crippen molar-refractivity contribution in [3.05, 3.63) is 29.6 Å². The SMILES string of the molecule is Cc1cccc2nc(CCl)n(CC3COCCO3)c12. The smallest absolute Gasteiger partial charge is 0.124 e. The maximum Gasteiger partial charge on any atom is 0.124 e. The van der Waals surface area contributed by atoms with Crippen molar-refractivity contribution in [3.8, 4) is 0 Å². The van der Waals surface area contributed by atoms with Crippen LogP contribution in [0.5, 0.6) is 0 Å². The molecule has 1 saturated heterocycles. The van der Waals surface area contributed by atoms with E-state index >= 15 is 0 Å². The van der Waals surface area contributed by atoms with Crippen molar-refractivity contribution in [3.63, 3.8) is 0 Å². The number of hydrogen-bond acceptors (Lipinski definition) is 3. The summed E-state index contributed by atoms with van der Waals surface area (Å²) in [6.07, 6.45) is 0.0766. The van der Waals surface area contributed by atoms with Gasteiger partial charge >= 0.3 is 0 Å². The van der Waals surface area contributed by atoms with Crippen LogP contribution in [0.25, 0.3) is 11.0 Å². The van der Waals surface area contributed by atoms with Crippen LogP contribution in [0.2, 0.25) is 0 Å². The van der Waals surface area contributed by atoms with Gasteiger partial charge in [0.05, 0.1) is 49.4 Å². The van der Waals surface area contributed by atoms with Gasteiger partial charge in [0.1, 0.15) is 5.82 Å². The first kappa shape index (κ1) is 12.9. The van der Waals surface area contributed by atoms with Crippen LogP contribution in [-0.4, -0.2) is 35.5 Å². The standard InChI is InChI=1S/C14H17ClN2O2/c1-10-3-2-4-12-14(10)17(13(7-15)16-12)8-11-9-18-5-6-19-11/h2-4,11H,5-9H2,1H3. The molecule has 1 aliphatic heterocycles. The molecule has 0 spiro atoms. The van der Waals surface area contributed by atoms with Gasteiger partial charge in [0.2, 0.25) is 0 Å². The molecule has 1 atom stereocenters. The number of imidazole rings is 1.